The number of aliphatic hydroxyl groups excluding tert-OH is 1. The zero-order valence-electron chi connectivity index (χ0n) is 10.5. The summed E-state index contributed by atoms with van der Waals surface area (Å²) in [6.45, 7) is 0.937. The smallest absolute Gasteiger partial charge is 0.220 e. The molecule has 0 spiro atoms. The minimum Gasteiger partial charge on any atom is -0.396 e. The molecule has 0 bridgehead atoms. The predicted molar refractivity (Wildman–Crippen MR) is 74.6 cm³/mol. The van der Waals surface area contributed by atoms with Gasteiger partial charge in [0.2, 0.25) is 5.91 Å². The molecular weight excluding hydrogens is 248 g/mol. The summed E-state index contributed by atoms with van der Waals surface area (Å²) in [6.07, 6.45) is 5.58. The molecular formula is C13H20N2O2S. The van der Waals surface area contributed by atoms with Crippen LogP contribution in [-0.4, -0.2) is 40.7 Å². The molecule has 0 atom stereocenters. The summed E-state index contributed by atoms with van der Waals surface area (Å²) in [5.74, 6) is 1.93. The van der Waals surface area contributed by atoms with E-state index in [2.05, 4.69) is 10.3 Å². The Morgan fingerprint density at radius 3 is 3.06 bits per heavy atom. The van der Waals surface area contributed by atoms with Crippen molar-refractivity contribution < 1.29 is 9.90 Å². The predicted octanol–water partition coefficient (Wildman–Crippen LogP) is 1.25. The van der Waals surface area contributed by atoms with Gasteiger partial charge in [-0.2, -0.15) is 11.8 Å². The number of hydrogen-bond acceptors (Lipinski definition) is 4. The van der Waals surface area contributed by atoms with E-state index < -0.39 is 0 Å². The van der Waals surface area contributed by atoms with Gasteiger partial charge in [-0.1, -0.05) is 6.07 Å². The fourth-order valence-electron chi connectivity index (χ4n) is 1.42. The molecule has 1 heterocycles. The van der Waals surface area contributed by atoms with Gasteiger partial charge in [-0.25, -0.2) is 0 Å². The standard InChI is InChI=1S/C13H20N2O2S/c16-8-2-9-18-10-7-15-13(17)5-4-12-3-1-6-14-11-12/h1,3,6,11,16H,2,4-5,7-10H2,(H,15,17). The SMILES string of the molecule is O=C(CCc1cccnc1)NCCSCCCO. The van der Waals surface area contributed by atoms with Gasteiger partial charge < -0.3 is 10.4 Å². The number of aromatic nitrogens is 1. The van der Waals surface area contributed by atoms with Crippen molar-refractivity contribution >= 4 is 17.7 Å². The van der Waals surface area contributed by atoms with E-state index in [1.54, 1.807) is 24.2 Å². The van der Waals surface area contributed by atoms with E-state index in [4.69, 9.17) is 5.11 Å². The van der Waals surface area contributed by atoms with Crippen LogP contribution in [0.25, 0.3) is 0 Å². The first-order chi connectivity index (χ1) is 8.83. The van der Waals surface area contributed by atoms with Gasteiger partial charge in [-0.3, -0.25) is 9.78 Å². The molecule has 0 aliphatic heterocycles. The van der Waals surface area contributed by atoms with Gasteiger partial charge in [0.1, 0.15) is 0 Å². The lowest BCUT2D eigenvalue weighted by Crippen LogP contribution is -2.26. The number of aliphatic hydroxyl groups is 1. The van der Waals surface area contributed by atoms with Crippen LogP contribution in [0.3, 0.4) is 0 Å². The van der Waals surface area contributed by atoms with Crippen molar-refractivity contribution in [3.63, 3.8) is 0 Å². The minimum absolute atomic E-state index is 0.0848. The summed E-state index contributed by atoms with van der Waals surface area (Å²) in [5, 5.41) is 11.5. The molecule has 0 unspecified atom stereocenters. The number of thioether (sulfide) groups is 1. The van der Waals surface area contributed by atoms with Gasteiger partial charge in [0, 0.05) is 37.7 Å². The highest BCUT2D eigenvalue weighted by atomic mass is 32.2. The Bertz CT molecular complexity index is 333. The largest absolute Gasteiger partial charge is 0.396 e. The summed E-state index contributed by atoms with van der Waals surface area (Å²) in [5.41, 5.74) is 1.09. The molecule has 100 valence electrons. The molecule has 0 aromatic carbocycles. The topological polar surface area (TPSA) is 62.2 Å². The second kappa shape index (κ2) is 9.91. The Morgan fingerprint density at radius 2 is 2.33 bits per heavy atom. The van der Waals surface area contributed by atoms with E-state index in [0.717, 1.165) is 29.9 Å². The maximum atomic E-state index is 11.5. The van der Waals surface area contributed by atoms with Crippen molar-refractivity contribution in [3.05, 3.63) is 30.1 Å². The van der Waals surface area contributed by atoms with Gasteiger partial charge in [-0.15, -0.1) is 0 Å². The number of carbonyl (C=O) groups is 1. The number of amides is 1. The fraction of sp³-hybridized carbons (Fsp3) is 0.538. The molecule has 1 aromatic heterocycles. The van der Waals surface area contributed by atoms with Crippen LogP contribution in [-0.2, 0) is 11.2 Å². The Labute approximate surface area is 112 Å². The Kier molecular flexibility index (Phi) is 8.25. The average molecular weight is 268 g/mol. The lowest BCUT2D eigenvalue weighted by atomic mass is 10.1. The van der Waals surface area contributed by atoms with Crippen molar-refractivity contribution in [3.8, 4) is 0 Å². The van der Waals surface area contributed by atoms with Crippen molar-refractivity contribution in [2.24, 2.45) is 0 Å². The third-order valence-corrected chi connectivity index (χ3v) is 3.45. The Balaban J connectivity index is 2.01. The highest BCUT2D eigenvalue weighted by Gasteiger charge is 2.01. The zero-order chi connectivity index (χ0) is 13.1. The van der Waals surface area contributed by atoms with Crippen LogP contribution in [0.1, 0.15) is 18.4 Å². The monoisotopic (exact) mass is 268 g/mol. The molecule has 1 rings (SSSR count). The van der Waals surface area contributed by atoms with Crippen LogP contribution in [0.15, 0.2) is 24.5 Å². The van der Waals surface area contributed by atoms with Crippen LogP contribution in [0.4, 0.5) is 0 Å². The van der Waals surface area contributed by atoms with Gasteiger partial charge in [-0.05, 0) is 30.2 Å². The molecule has 0 aliphatic rings. The van der Waals surface area contributed by atoms with E-state index >= 15 is 0 Å². The third-order valence-electron chi connectivity index (χ3n) is 2.38. The minimum atomic E-state index is 0.0848. The third kappa shape index (κ3) is 7.29. The average Bonchev–Trinajstić information content (AvgIpc) is 2.41. The highest BCUT2D eigenvalue weighted by Crippen LogP contribution is 2.01. The van der Waals surface area contributed by atoms with Gasteiger partial charge in [0.15, 0.2) is 0 Å². The van der Waals surface area contributed by atoms with Crippen molar-refractivity contribution in [2.45, 2.75) is 19.3 Å². The molecule has 4 nitrogen and oxygen atoms in total. The zero-order valence-corrected chi connectivity index (χ0v) is 11.3. The molecule has 0 saturated carbocycles. The quantitative estimate of drug-likeness (QED) is 0.662. The fourth-order valence-corrected chi connectivity index (χ4v) is 2.21. The lowest BCUT2D eigenvalue weighted by molar-refractivity contribution is -0.120. The summed E-state index contributed by atoms with van der Waals surface area (Å²) in [7, 11) is 0. The van der Waals surface area contributed by atoms with Gasteiger partial charge in [0.05, 0.1) is 0 Å². The first-order valence-corrected chi connectivity index (χ1v) is 7.32. The molecule has 1 amide bonds. The van der Waals surface area contributed by atoms with Crippen LogP contribution in [0.5, 0.6) is 0 Å². The second-order valence-electron chi connectivity index (χ2n) is 3.90. The molecule has 18 heavy (non-hydrogen) atoms. The van der Waals surface area contributed by atoms with E-state index in [-0.39, 0.29) is 12.5 Å². The maximum absolute atomic E-state index is 11.5. The second-order valence-corrected chi connectivity index (χ2v) is 5.13. The first kappa shape index (κ1) is 15.0. The molecule has 5 heteroatoms. The number of carbonyl (C=O) groups excluding carboxylic acids is 1. The number of nitrogens with zero attached hydrogens (tertiary/aromatic N) is 1. The summed E-state index contributed by atoms with van der Waals surface area (Å²) < 4.78 is 0. The lowest BCUT2D eigenvalue weighted by Gasteiger charge is -2.05. The number of hydrogen-bond donors (Lipinski definition) is 2. The Morgan fingerprint density at radius 1 is 1.44 bits per heavy atom. The molecule has 0 fully saturated rings. The molecule has 0 aliphatic carbocycles. The number of aryl methyl sites for hydroxylation is 1. The number of pyridine rings is 1. The summed E-state index contributed by atoms with van der Waals surface area (Å²) in [6, 6.07) is 3.86. The van der Waals surface area contributed by atoms with Crippen molar-refractivity contribution in [2.75, 3.05) is 24.7 Å². The van der Waals surface area contributed by atoms with E-state index in [1.165, 1.54) is 0 Å². The molecule has 2 N–H and O–H groups in total. The van der Waals surface area contributed by atoms with E-state index in [9.17, 15) is 4.79 Å². The van der Waals surface area contributed by atoms with Crippen molar-refractivity contribution in [1.82, 2.24) is 10.3 Å². The van der Waals surface area contributed by atoms with Crippen LogP contribution >= 0.6 is 11.8 Å². The van der Waals surface area contributed by atoms with Crippen molar-refractivity contribution in [1.29, 1.82) is 0 Å². The Hall–Kier alpha value is -1.07. The number of rotatable bonds is 9. The normalized spacial score (nSPS) is 10.3. The summed E-state index contributed by atoms with van der Waals surface area (Å²) in [4.78, 5) is 15.5. The van der Waals surface area contributed by atoms with E-state index in [1.807, 2.05) is 12.1 Å². The van der Waals surface area contributed by atoms with Crippen LogP contribution < -0.4 is 5.32 Å². The molecule has 1 aromatic rings. The first-order valence-electron chi connectivity index (χ1n) is 6.17. The number of nitrogens with one attached hydrogen (secondary N) is 1. The van der Waals surface area contributed by atoms with E-state index in [0.29, 0.717) is 13.0 Å². The van der Waals surface area contributed by atoms with Crippen LogP contribution in [0, 0.1) is 0 Å². The summed E-state index contributed by atoms with van der Waals surface area (Å²) >= 11 is 1.75. The van der Waals surface area contributed by atoms with Gasteiger partial charge in [0.25, 0.3) is 0 Å². The maximum Gasteiger partial charge on any atom is 0.220 e. The van der Waals surface area contributed by atoms with Crippen LogP contribution in [0.2, 0.25) is 0 Å². The molecule has 0 saturated heterocycles. The van der Waals surface area contributed by atoms with Gasteiger partial charge >= 0.3 is 0 Å². The highest BCUT2D eigenvalue weighted by molar-refractivity contribution is 7.99. The molecule has 0 radical (unpaired) electrons.